The van der Waals surface area contributed by atoms with Gasteiger partial charge in [-0.05, 0) is 27.4 Å². The van der Waals surface area contributed by atoms with Gasteiger partial charge in [-0.15, -0.1) is 0 Å². The van der Waals surface area contributed by atoms with E-state index >= 15 is 0 Å². The highest BCUT2D eigenvalue weighted by molar-refractivity contribution is 5.79. The van der Waals surface area contributed by atoms with E-state index < -0.39 is 0 Å². The van der Waals surface area contributed by atoms with Crippen molar-refractivity contribution in [2.45, 2.75) is 20.3 Å². The minimum absolute atomic E-state index is 0.752. The molecular formula is C10H25N5. The van der Waals surface area contributed by atoms with Gasteiger partial charge < -0.3 is 9.80 Å². The summed E-state index contributed by atoms with van der Waals surface area (Å²) in [6.45, 7) is 7.85. The fourth-order valence-corrected chi connectivity index (χ4v) is 1.30. The Hall–Kier alpha value is -0.810. The number of likely N-dealkylation sites (N-methyl/N-ethyl adjacent to an activating group) is 1. The minimum atomic E-state index is 0.752. The fourth-order valence-electron chi connectivity index (χ4n) is 1.30. The Morgan fingerprint density at radius 2 is 1.87 bits per heavy atom. The van der Waals surface area contributed by atoms with Crippen LogP contribution in [-0.4, -0.2) is 56.0 Å². The number of hydrazine groups is 1. The summed E-state index contributed by atoms with van der Waals surface area (Å²) in [6.07, 6.45) is 1.10. The molecule has 0 atom stereocenters. The maximum absolute atomic E-state index is 5.46. The van der Waals surface area contributed by atoms with Gasteiger partial charge in [-0.1, -0.05) is 6.92 Å². The smallest absolute Gasteiger partial charge is 0.208 e. The van der Waals surface area contributed by atoms with Crippen LogP contribution in [0.5, 0.6) is 0 Å². The lowest BCUT2D eigenvalue weighted by Gasteiger charge is -2.26. The van der Waals surface area contributed by atoms with Crippen molar-refractivity contribution < 1.29 is 0 Å². The Labute approximate surface area is 93.3 Å². The van der Waals surface area contributed by atoms with Gasteiger partial charge in [0, 0.05) is 26.2 Å². The SMILES string of the molecule is CCCN(CCN(C)C)C(=NCC)NN. The number of guanidine groups is 1. The molecule has 0 aliphatic carbocycles. The van der Waals surface area contributed by atoms with E-state index in [-0.39, 0.29) is 0 Å². The lowest BCUT2D eigenvalue weighted by atomic mass is 10.4. The monoisotopic (exact) mass is 215 g/mol. The van der Waals surface area contributed by atoms with Crippen LogP contribution in [0.3, 0.4) is 0 Å². The Kier molecular flexibility index (Phi) is 8.04. The van der Waals surface area contributed by atoms with Gasteiger partial charge in [-0.3, -0.25) is 10.4 Å². The van der Waals surface area contributed by atoms with Gasteiger partial charge in [0.25, 0.3) is 0 Å². The molecule has 0 aliphatic rings. The summed E-state index contributed by atoms with van der Waals surface area (Å²) in [5.41, 5.74) is 2.67. The maximum atomic E-state index is 5.46. The van der Waals surface area contributed by atoms with E-state index in [0.717, 1.165) is 38.6 Å². The highest BCUT2D eigenvalue weighted by Crippen LogP contribution is 1.93. The molecule has 0 heterocycles. The molecule has 0 aliphatic heterocycles. The second-order valence-corrected chi connectivity index (χ2v) is 3.73. The molecule has 15 heavy (non-hydrogen) atoms. The average molecular weight is 215 g/mol. The quantitative estimate of drug-likeness (QED) is 0.285. The first-order valence-corrected chi connectivity index (χ1v) is 5.56. The zero-order chi connectivity index (χ0) is 11.7. The van der Waals surface area contributed by atoms with Crippen LogP contribution in [0.1, 0.15) is 20.3 Å². The van der Waals surface area contributed by atoms with E-state index in [4.69, 9.17) is 5.84 Å². The van der Waals surface area contributed by atoms with Crippen LogP contribution in [0.25, 0.3) is 0 Å². The van der Waals surface area contributed by atoms with Crippen molar-refractivity contribution in [2.75, 3.05) is 40.3 Å². The number of nitrogens with zero attached hydrogens (tertiary/aromatic N) is 3. The third-order valence-electron chi connectivity index (χ3n) is 2.05. The van der Waals surface area contributed by atoms with Crippen molar-refractivity contribution >= 4 is 5.96 Å². The third-order valence-corrected chi connectivity index (χ3v) is 2.05. The van der Waals surface area contributed by atoms with E-state index in [0.29, 0.717) is 0 Å². The normalized spacial score (nSPS) is 12.0. The van der Waals surface area contributed by atoms with E-state index in [9.17, 15) is 0 Å². The van der Waals surface area contributed by atoms with Gasteiger partial charge >= 0.3 is 0 Å². The predicted octanol–water partition coefficient (Wildman–Crippen LogP) is 0.0992. The van der Waals surface area contributed by atoms with E-state index in [1.54, 1.807) is 0 Å². The number of hydrogen-bond acceptors (Lipinski definition) is 3. The summed E-state index contributed by atoms with van der Waals surface area (Å²) in [6, 6.07) is 0. The summed E-state index contributed by atoms with van der Waals surface area (Å²) in [5.74, 6) is 6.25. The molecule has 0 amide bonds. The van der Waals surface area contributed by atoms with Crippen molar-refractivity contribution in [3.63, 3.8) is 0 Å². The molecule has 0 bridgehead atoms. The molecule has 90 valence electrons. The van der Waals surface area contributed by atoms with Crippen LogP contribution in [0, 0.1) is 0 Å². The molecule has 0 rings (SSSR count). The summed E-state index contributed by atoms with van der Waals surface area (Å²) in [5, 5.41) is 0. The molecule has 0 aromatic carbocycles. The second kappa shape index (κ2) is 8.49. The lowest BCUT2D eigenvalue weighted by Crippen LogP contribution is -2.47. The van der Waals surface area contributed by atoms with Gasteiger partial charge in [0.2, 0.25) is 5.96 Å². The van der Waals surface area contributed by atoms with Crippen molar-refractivity contribution in [2.24, 2.45) is 10.8 Å². The highest BCUT2D eigenvalue weighted by Gasteiger charge is 2.08. The lowest BCUT2D eigenvalue weighted by molar-refractivity contribution is 0.322. The molecule has 5 nitrogen and oxygen atoms in total. The molecule has 0 spiro atoms. The average Bonchev–Trinajstić information content (AvgIpc) is 2.21. The van der Waals surface area contributed by atoms with E-state index in [2.05, 4.69) is 41.2 Å². The molecular weight excluding hydrogens is 190 g/mol. The molecule has 0 aromatic rings. The summed E-state index contributed by atoms with van der Waals surface area (Å²) < 4.78 is 0. The van der Waals surface area contributed by atoms with Crippen LogP contribution in [0.15, 0.2) is 4.99 Å². The third kappa shape index (κ3) is 6.30. The van der Waals surface area contributed by atoms with Crippen LogP contribution >= 0.6 is 0 Å². The summed E-state index contributed by atoms with van der Waals surface area (Å²) in [7, 11) is 4.13. The van der Waals surface area contributed by atoms with Crippen LogP contribution in [0.4, 0.5) is 0 Å². The van der Waals surface area contributed by atoms with E-state index in [1.807, 2.05) is 6.92 Å². The Morgan fingerprint density at radius 1 is 1.20 bits per heavy atom. The van der Waals surface area contributed by atoms with Gasteiger partial charge in [0.05, 0.1) is 0 Å². The zero-order valence-electron chi connectivity index (χ0n) is 10.5. The molecule has 0 radical (unpaired) electrons. The zero-order valence-corrected chi connectivity index (χ0v) is 10.5. The number of nitrogens with two attached hydrogens (primary N) is 1. The summed E-state index contributed by atoms with van der Waals surface area (Å²) >= 11 is 0. The van der Waals surface area contributed by atoms with Crippen LogP contribution in [-0.2, 0) is 0 Å². The van der Waals surface area contributed by atoms with Crippen molar-refractivity contribution in [1.82, 2.24) is 15.2 Å². The number of nitrogens with one attached hydrogen (secondary N) is 1. The molecule has 5 heteroatoms. The molecule has 0 saturated carbocycles. The Bertz CT molecular complexity index is 179. The summed E-state index contributed by atoms with van der Waals surface area (Å²) in [4.78, 5) is 8.67. The topological polar surface area (TPSA) is 56.9 Å². The van der Waals surface area contributed by atoms with Gasteiger partial charge in [0.1, 0.15) is 0 Å². The Balaban J connectivity index is 4.27. The van der Waals surface area contributed by atoms with Crippen LogP contribution in [0.2, 0.25) is 0 Å². The first kappa shape index (κ1) is 14.2. The Morgan fingerprint density at radius 3 is 2.27 bits per heavy atom. The number of hydrogen-bond donors (Lipinski definition) is 2. The number of aliphatic imine (C=N–C) groups is 1. The maximum Gasteiger partial charge on any atom is 0.208 e. The minimum Gasteiger partial charge on any atom is -0.341 e. The van der Waals surface area contributed by atoms with Crippen LogP contribution < -0.4 is 11.3 Å². The molecule has 3 N–H and O–H groups in total. The first-order chi connectivity index (χ1) is 7.15. The van der Waals surface area contributed by atoms with Crippen molar-refractivity contribution in [3.8, 4) is 0 Å². The molecule has 0 fully saturated rings. The van der Waals surface area contributed by atoms with Gasteiger partial charge in [-0.2, -0.15) is 0 Å². The fraction of sp³-hybridized carbons (Fsp3) is 0.900. The standard InChI is InChI=1S/C10H25N5/c1-5-7-15(9-8-14(3)4)10(13-11)12-6-2/h5-9,11H2,1-4H3,(H,12,13). The van der Waals surface area contributed by atoms with Crippen molar-refractivity contribution in [3.05, 3.63) is 0 Å². The second-order valence-electron chi connectivity index (χ2n) is 3.73. The molecule has 0 aromatic heterocycles. The predicted molar refractivity (Wildman–Crippen MR) is 65.7 cm³/mol. The largest absolute Gasteiger partial charge is 0.341 e. The highest BCUT2D eigenvalue weighted by atomic mass is 15.4. The van der Waals surface area contributed by atoms with E-state index in [1.165, 1.54) is 0 Å². The van der Waals surface area contributed by atoms with Crippen molar-refractivity contribution in [1.29, 1.82) is 0 Å². The van der Waals surface area contributed by atoms with Gasteiger partial charge in [-0.25, -0.2) is 5.84 Å². The molecule has 0 unspecified atom stereocenters. The van der Waals surface area contributed by atoms with Gasteiger partial charge in [0.15, 0.2) is 0 Å². The molecule has 0 saturated heterocycles. The first-order valence-electron chi connectivity index (χ1n) is 5.56. The number of rotatable bonds is 6.